The topological polar surface area (TPSA) is 115 Å². The van der Waals surface area contributed by atoms with Crippen LogP contribution in [0.2, 0.25) is 5.02 Å². The summed E-state index contributed by atoms with van der Waals surface area (Å²) >= 11 is 6.00. The van der Waals surface area contributed by atoms with Gasteiger partial charge in [0.25, 0.3) is 12.0 Å². The fraction of sp³-hybridized carbons (Fsp3) is 0.543. The number of anilines is 2. The molecule has 0 aliphatic carbocycles. The number of ether oxygens (including phenoxy) is 2. The Bertz CT molecular complexity index is 1970. The van der Waals surface area contributed by atoms with E-state index in [9.17, 15) is 26.7 Å². The van der Waals surface area contributed by atoms with E-state index in [0.29, 0.717) is 55.1 Å². The number of nitrogen functional groups attached to an aromatic ring is 1. The van der Waals surface area contributed by atoms with Crippen LogP contribution in [0, 0.1) is 18.7 Å². The third-order valence-corrected chi connectivity index (χ3v) is 11.1. The largest absolute Gasteiger partial charge is 0.461 e. The van der Waals surface area contributed by atoms with Gasteiger partial charge < -0.3 is 25.0 Å². The molecule has 286 valence electrons. The number of carbonyl (C=O) groups excluding carboxylic acids is 1. The highest BCUT2D eigenvalue weighted by Gasteiger charge is 2.49. The van der Waals surface area contributed by atoms with E-state index in [0.717, 1.165) is 37.2 Å². The molecule has 7 rings (SSSR count). The predicted octanol–water partition coefficient (Wildman–Crippen LogP) is 6.31. The maximum absolute atomic E-state index is 15.5. The van der Waals surface area contributed by atoms with E-state index in [4.69, 9.17) is 31.8 Å². The molecule has 2 saturated heterocycles. The molecule has 3 atom stereocenters. The monoisotopic (exact) mass is 768 g/mol. The number of fused-ring (bicyclic) bond motifs is 3. The minimum Gasteiger partial charge on any atom is -0.461 e. The normalized spacial score (nSPS) is 22.9. The molecule has 0 radical (unpaired) electrons. The number of halogens is 7. The zero-order chi connectivity index (χ0) is 38.0. The summed E-state index contributed by atoms with van der Waals surface area (Å²) in [6, 6.07) is 0.670. The number of nitrogens with zero attached hydrogens (tertiary/aromatic N) is 7. The van der Waals surface area contributed by atoms with E-state index in [-0.39, 0.29) is 49.7 Å². The van der Waals surface area contributed by atoms with Crippen LogP contribution < -0.4 is 15.4 Å². The van der Waals surface area contributed by atoms with Gasteiger partial charge in [-0.2, -0.15) is 37.0 Å². The van der Waals surface area contributed by atoms with Crippen LogP contribution in [-0.4, -0.2) is 81.3 Å². The number of hydrogen-bond donors (Lipinski definition) is 1. The van der Waals surface area contributed by atoms with Crippen molar-refractivity contribution in [3.8, 4) is 6.01 Å². The highest BCUT2D eigenvalue weighted by atomic mass is 35.5. The molecule has 6 heterocycles. The number of carbonyl (C=O) groups is 1. The van der Waals surface area contributed by atoms with Crippen LogP contribution in [0.4, 0.5) is 37.8 Å². The Morgan fingerprint density at radius 3 is 2.70 bits per heavy atom. The molecular weight excluding hydrogens is 730 g/mol. The van der Waals surface area contributed by atoms with Crippen molar-refractivity contribution >= 4 is 29.0 Å². The molecule has 0 saturated carbocycles. The number of alkyl halides is 3. The summed E-state index contributed by atoms with van der Waals surface area (Å²) in [5.41, 5.74) is 5.07. The van der Waals surface area contributed by atoms with E-state index < -0.39 is 51.6 Å². The van der Waals surface area contributed by atoms with E-state index in [1.54, 1.807) is 18.8 Å². The summed E-state index contributed by atoms with van der Waals surface area (Å²) in [7, 11) is 3.29. The van der Waals surface area contributed by atoms with E-state index in [1.165, 1.54) is 4.90 Å². The first-order valence-corrected chi connectivity index (χ1v) is 17.7. The second kappa shape index (κ2) is 14.0. The number of rotatable bonds is 7. The molecule has 53 heavy (non-hydrogen) atoms. The number of amides is 1. The van der Waals surface area contributed by atoms with Gasteiger partial charge in [0.05, 0.1) is 52.5 Å². The first-order valence-electron chi connectivity index (χ1n) is 17.4. The Hall–Kier alpha value is -4.09. The second-order valence-corrected chi connectivity index (χ2v) is 14.8. The predicted molar refractivity (Wildman–Crippen MR) is 182 cm³/mol. The SMILES string of the molecule is Cc1c(C(=O)N(C)C)nn2c1CN(c1nc(OC[C@]34CCCN3C[C@@H](C=C(F)F)C4)nc3c1CO[C@H](c1c(F)c(N)cc(Cl)c1C(F)(F)F)C3)CCC2. The summed E-state index contributed by atoms with van der Waals surface area (Å²) in [4.78, 5) is 28.0. The zero-order valence-electron chi connectivity index (χ0n) is 29.4. The average molecular weight is 769 g/mol. The second-order valence-electron chi connectivity index (χ2n) is 14.4. The first kappa shape index (κ1) is 37.2. The Labute approximate surface area is 306 Å². The number of nitrogens with two attached hydrogens (primary N) is 1. The Kier molecular flexibility index (Phi) is 9.81. The fourth-order valence-electron chi connectivity index (χ4n) is 8.29. The molecule has 1 aromatic carbocycles. The van der Waals surface area contributed by atoms with Crippen molar-refractivity contribution < 1.29 is 40.6 Å². The molecule has 2 aromatic heterocycles. The molecule has 18 heteroatoms. The van der Waals surface area contributed by atoms with Crippen LogP contribution in [0.3, 0.4) is 0 Å². The molecular formula is C35H39ClF6N8O3. The van der Waals surface area contributed by atoms with Crippen LogP contribution >= 0.6 is 11.6 Å². The van der Waals surface area contributed by atoms with Crippen molar-refractivity contribution in [3.63, 3.8) is 0 Å². The molecule has 2 N–H and O–H groups in total. The van der Waals surface area contributed by atoms with Gasteiger partial charge in [0, 0.05) is 56.8 Å². The molecule has 4 aliphatic heterocycles. The van der Waals surface area contributed by atoms with Crippen molar-refractivity contribution in [2.45, 2.75) is 76.5 Å². The Morgan fingerprint density at radius 1 is 1.21 bits per heavy atom. The van der Waals surface area contributed by atoms with Gasteiger partial charge in [-0.15, -0.1) is 0 Å². The van der Waals surface area contributed by atoms with Crippen LogP contribution in [0.25, 0.3) is 0 Å². The van der Waals surface area contributed by atoms with Gasteiger partial charge in [-0.25, -0.2) is 4.39 Å². The van der Waals surface area contributed by atoms with Crippen molar-refractivity contribution in [1.29, 1.82) is 0 Å². The molecule has 2 fully saturated rings. The summed E-state index contributed by atoms with van der Waals surface area (Å²) in [5.74, 6) is -1.46. The number of hydrogen-bond acceptors (Lipinski definition) is 9. The van der Waals surface area contributed by atoms with Crippen LogP contribution in [-0.2, 0) is 37.0 Å². The summed E-state index contributed by atoms with van der Waals surface area (Å²) in [6.45, 7) is 4.14. The lowest BCUT2D eigenvalue weighted by molar-refractivity contribution is -0.140. The van der Waals surface area contributed by atoms with Gasteiger partial charge in [-0.05, 0) is 57.2 Å². The zero-order valence-corrected chi connectivity index (χ0v) is 30.1. The Balaban J connectivity index is 1.27. The van der Waals surface area contributed by atoms with Gasteiger partial charge in [0.15, 0.2) is 11.5 Å². The van der Waals surface area contributed by atoms with E-state index >= 15 is 4.39 Å². The van der Waals surface area contributed by atoms with E-state index in [1.807, 2.05) is 11.8 Å². The van der Waals surface area contributed by atoms with Gasteiger partial charge in [0.2, 0.25) is 0 Å². The highest BCUT2D eigenvalue weighted by molar-refractivity contribution is 6.31. The third-order valence-electron chi connectivity index (χ3n) is 10.8. The van der Waals surface area contributed by atoms with Crippen LogP contribution in [0.1, 0.15) is 75.9 Å². The smallest absolute Gasteiger partial charge is 0.418 e. The van der Waals surface area contributed by atoms with Crippen molar-refractivity contribution in [2.24, 2.45) is 5.92 Å². The first-order chi connectivity index (χ1) is 25.1. The molecule has 11 nitrogen and oxygen atoms in total. The fourth-order valence-corrected chi connectivity index (χ4v) is 8.62. The maximum Gasteiger partial charge on any atom is 0.418 e. The molecule has 0 spiro atoms. The number of benzene rings is 1. The summed E-state index contributed by atoms with van der Waals surface area (Å²) in [5, 5.41) is 3.84. The van der Waals surface area contributed by atoms with Crippen molar-refractivity contribution in [1.82, 2.24) is 29.5 Å². The van der Waals surface area contributed by atoms with Gasteiger partial charge >= 0.3 is 12.2 Å². The highest BCUT2D eigenvalue weighted by Crippen LogP contribution is 2.47. The van der Waals surface area contributed by atoms with Crippen molar-refractivity contribution in [2.75, 3.05) is 51.0 Å². The molecule has 4 aliphatic rings. The quantitative estimate of drug-likeness (QED) is 0.218. The molecule has 3 aromatic rings. The Morgan fingerprint density at radius 2 is 1.98 bits per heavy atom. The third kappa shape index (κ3) is 6.91. The molecule has 1 amide bonds. The lowest BCUT2D eigenvalue weighted by Gasteiger charge is -2.33. The minimum atomic E-state index is -5.01. The van der Waals surface area contributed by atoms with Crippen LogP contribution in [0.15, 0.2) is 18.2 Å². The lowest BCUT2D eigenvalue weighted by Crippen LogP contribution is -2.43. The maximum atomic E-state index is 15.5. The van der Waals surface area contributed by atoms with E-state index in [2.05, 4.69) is 15.0 Å². The van der Waals surface area contributed by atoms with Gasteiger partial charge in [-0.1, -0.05) is 11.6 Å². The van der Waals surface area contributed by atoms with Gasteiger partial charge in [0.1, 0.15) is 12.4 Å². The number of aromatic nitrogens is 4. The summed E-state index contributed by atoms with van der Waals surface area (Å²) < 4.78 is 98.9. The van der Waals surface area contributed by atoms with Gasteiger partial charge in [-0.3, -0.25) is 14.4 Å². The minimum absolute atomic E-state index is 0.0589. The summed E-state index contributed by atoms with van der Waals surface area (Å²) in [6.07, 6.45) is -4.85. The molecule has 0 unspecified atom stereocenters. The van der Waals surface area contributed by atoms with Crippen molar-refractivity contribution in [3.05, 3.63) is 68.4 Å². The number of aryl methyl sites for hydroxylation is 1. The average Bonchev–Trinajstić information content (AvgIpc) is 3.66. The lowest BCUT2D eigenvalue weighted by atomic mass is 9.91. The standard InChI is InChI=1S/C35H39ClF6N8O3/c1-18-24-15-48(7-5-9-50(24)46-30(18)32(51)47(2)3)31-20-16-52-25(27-28(35(40,41)42)21(36)11-22(43)29(27)39)12-23(20)44-33(45-31)53-17-34-6-4-8-49(34)14-19(13-34)10-26(37)38/h10-11,19,25H,4-9,12-17,43H2,1-3H3/t19-,25-,34+/m0/s1. The van der Waals surface area contributed by atoms with Crippen LogP contribution in [0.5, 0.6) is 6.01 Å². The molecule has 0 bridgehead atoms.